The second-order valence-corrected chi connectivity index (χ2v) is 6.10. The van der Waals surface area contributed by atoms with Gasteiger partial charge in [-0.3, -0.25) is 0 Å². The van der Waals surface area contributed by atoms with Crippen LogP contribution < -0.4 is 5.32 Å². The molecule has 0 bridgehead atoms. The van der Waals surface area contributed by atoms with Gasteiger partial charge in [0, 0.05) is 10.4 Å². The molecule has 0 saturated carbocycles. The third-order valence-corrected chi connectivity index (χ3v) is 3.27. The van der Waals surface area contributed by atoms with Crippen molar-refractivity contribution in [3.05, 3.63) is 22.4 Å². The van der Waals surface area contributed by atoms with E-state index >= 15 is 0 Å². The zero-order valence-corrected chi connectivity index (χ0v) is 11.0. The van der Waals surface area contributed by atoms with Crippen LogP contribution in [0.1, 0.15) is 44.9 Å². The fraction of sp³-hybridized carbons (Fsp3) is 0.692. The number of nitrogens with one attached hydrogen (secondary N) is 1. The van der Waals surface area contributed by atoms with Gasteiger partial charge in [0.15, 0.2) is 0 Å². The molecule has 0 aromatic carbocycles. The summed E-state index contributed by atoms with van der Waals surface area (Å²) < 4.78 is 0. The van der Waals surface area contributed by atoms with Crippen molar-refractivity contribution in [1.29, 1.82) is 0 Å². The largest absolute Gasteiger partial charge is 0.312 e. The van der Waals surface area contributed by atoms with Crippen molar-refractivity contribution in [2.24, 2.45) is 0 Å². The molecule has 2 heteroatoms. The summed E-state index contributed by atoms with van der Waals surface area (Å²) in [6, 6.07) is 4.37. The molecular formula is C13H23NS. The van der Waals surface area contributed by atoms with Crippen molar-refractivity contribution in [2.75, 3.05) is 6.54 Å². The van der Waals surface area contributed by atoms with Crippen molar-refractivity contribution in [2.45, 2.75) is 52.0 Å². The van der Waals surface area contributed by atoms with Gasteiger partial charge in [0.25, 0.3) is 0 Å². The summed E-state index contributed by atoms with van der Waals surface area (Å²) in [6.45, 7) is 7.81. The standard InChI is InChI=1S/C13H23NS/c1-13(2,3)14-10-6-4-5-8-12-9-7-11-15-12/h7,9,11,14H,4-6,8,10H2,1-3H3. The summed E-state index contributed by atoms with van der Waals surface area (Å²) in [7, 11) is 0. The molecule has 0 amide bonds. The van der Waals surface area contributed by atoms with Gasteiger partial charge in [-0.25, -0.2) is 0 Å². The Labute approximate surface area is 97.9 Å². The van der Waals surface area contributed by atoms with Gasteiger partial charge < -0.3 is 5.32 Å². The van der Waals surface area contributed by atoms with Crippen LogP contribution in [0.2, 0.25) is 0 Å². The van der Waals surface area contributed by atoms with E-state index in [4.69, 9.17) is 0 Å². The first-order valence-electron chi connectivity index (χ1n) is 5.85. The lowest BCUT2D eigenvalue weighted by Crippen LogP contribution is -2.36. The molecule has 1 rings (SSSR count). The molecule has 0 fully saturated rings. The summed E-state index contributed by atoms with van der Waals surface area (Å²) in [6.07, 6.45) is 5.21. The van der Waals surface area contributed by atoms with Gasteiger partial charge >= 0.3 is 0 Å². The Morgan fingerprint density at radius 1 is 1.20 bits per heavy atom. The summed E-state index contributed by atoms with van der Waals surface area (Å²) >= 11 is 1.88. The first-order valence-corrected chi connectivity index (χ1v) is 6.73. The number of hydrogen-bond donors (Lipinski definition) is 1. The van der Waals surface area contributed by atoms with E-state index in [2.05, 4.69) is 43.6 Å². The third kappa shape index (κ3) is 6.69. The molecule has 0 aliphatic heterocycles. The van der Waals surface area contributed by atoms with Gasteiger partial charge in [-0.05, 0) is 58.0 Å². The average Bonchev–Trinajstić information content (AvgIpc) is 2.61. The highest BCUT2D eigenvalue weighted by Crippen LogP contribution is 2.12. The number of unbranched alkanes of at least 4 members (excludes halogenated alkanes) is 2. The lowest BCUT2D eigenvalue weighted by molar-refractivity contribution is 0.417. The lowest BCUT2D eigenvalue weighted by Gasteiger charge is -2.20. The average molecular weight is 225 g/mol. The normalized spacial score (nSPS) is 11.9. The van der Waals surface area contributed by atoms with Crippen molar-refractivity contribution in [3.63, 3.8) is 0 Å². The Morgan fingerprint density at radius 3 is 2.60 bits per heavy atom. The molecule has 1 heterocycles. The molecule has 0 radical (unpaired) electrons. The van der Waals surface area contributed by atoms with Crippen LogP contribution in [0.4, 0.5) is 0 Å². The van der Waals surface area contributed by atoms with Crippen LogP contribution >= 0.6 is 11.3 Å². The fourth-order valence-corrected chi connectivity index (χ4v) is 2.27. The zero-order valence-electron chi connectivity index (χ0n) is 10.2. The van der Waals surface area contributed by atoms with Gasteiger partial charge in [0.1, 0.15) is 0 Å². The van der Waals surface area contributed by atoms with E-state index in [1.807, 2.05) is 11.3 Å². The minimum Gasteiger partial charge on any atom is -0.312 e. The van der Waals surface area contributed by atoms with Crippen molar-refractivity contribution >= 4 is 11.3 Å². The summed E-state index contributed by atoms with van der Waals surface area (Å²) in [5.41, 5.74) is 0.272. The van der Waals surface area contributed by atoms with Crippen molar-refractivity contribution in [3.8, 4) is 0 Å². The molecule has 1 aromatic heterocycles. The number of aryl methyl sites for hydroxylation is 1. The van der Waals surface area contributed by atoms with Crippen LogP contribution in [0.25, 0.3) is 0 Å². The van der Waals surface area contributed by atoms with Crippen LogP contribution in [0.3, 0.4) is 0 Å². The van der Waals surface area contributed by atoms with E-state index in [9.17, 15) is 0 Å². The lowest BCUT2D eigenvalue weighted by atomic mass is 10.1. The first-order chi connectivity index (χ1) is 7.08. The highest BCUT2D eigenvalue weighted by molar-refractivity contribution is 7.09. The number of hydrogen-bond acceptors (Lipinski definition) is 2. The van der Waals surface area contributed by atoms with Crippen LogP contribution in [0.5, 0.6) is 0 Å². The van der Waals surface area contributed by atoms with E-state index < -0.39 is 0 Å². The molecule has 0 atom stereocenters. The Balaban J connectivity index is 1.94. The molecule has 0 aliphatic carbocycles. The summed E-state index contributed by atoms with van der Waals surface area (Å²) in [5.74, 6) is 0. The summed E-state index contributed by atoms with van der Waals surface area (Å²) in [5, 5.41) is 5.68. The molecule has 1 nitrogen and oxygen atoms in total. The number of rotatable bonds is 6. The third-order valence-electron chi connectivity index (χ3n) is 2.34. The quantitative estimate of drug-likeness (QED) is 0.725. The first kappa shape index (κ1) is 12.7. The second kappa shape index (κ2) is 6.29. The van der Waals surface area contributed by atoms with E-state index in [1.165, 1.54) is 30.6 Å². The van der Waals surface area contributed by atoms with E-state index in [0.717, 1.165) is 6.54 Å². The molecule has 1 N–H and O–H groups in total. The van der Waals surface area contributed by atoms with Gasteiger partial charge in [-0.15, -0.1) is 11.3 Å². The predicted octanol–water partition coefficient (Wildman–Crippen LogP) is 3.85. The van der Waals surface area contributed by atoms with E-state index in [0.29, 0.717) is 0 Å². The molecule has 0 aliphatic rings. The zero-order chi connectivity index (χ0) is 11.1. The van der Waals surface area contributed by atoms with E-state index in [-0.39, 0.29) is 5.54 Å². The maximum atomic E-state index is 3.52. The van der Waals surface area contributed by atoms with Crippen molar-refractivity contribution in [1.82, 2.24) is 5.32 Å². The highest BCUT2D eigenvalue weighted by Gasteiger charge is 2.06. The van der Waals surface area contributed by atoms with Crippen LogP contribution in [-0.4, -0.2) is 12.1 Å². The molecule has 86 valence electrons. The molecule has 1 aromatic rings. The number of thiophene rings is 1. The summed E-state index contributed by atoms with van der Waals surface area (Å²) in [4.78, 5) is 1.53. The molecule has 0 spiro atoms. The highest BCUT2D eigenvalue weighted by atomic mass is 32.1. The van der Waals surface area contributed by atoms with Crippen LogP contribution in [-0.2, 0) is 6.42 Å². The Morgan fingerprint density at radius 2 is 2.00 bits per heavy atom. The molecule has 0 unspecified atom stereocenters. The molecular weight excluding hydrogens is 202 g/mol. The minimum atomic E-state index is 0.272. The van der Waals surface area contributed by atoms with Crippen LogP contribution in [0, 0.1) is 0 Å². The van der Waals surface area contributed by atoms with Crippen LogP contribution in [0.15, 0.2) is 17.5 Å². The van der Waals surface area contributed by atoms with Crippen molar-refractivity contribution < 1.29 is 0 Å². The van der Waals surface area contributed by atoms with Gasteiger partial charge in [-0.1, -0.05) is 12.5 Å². The van der Waals surface area contributed by atoms with Gasteiger partial charge in [0.2, 0.25) is 0 Å². The Bertz CT molecular complexity index is 246. The second-order valence-electron chi connectivity index (χ2n) is 5.07. The van der Waals surface area contributed by atoms with Gasteiger partial charge in [-0.2, -0.15) is 0 Å². The maximum absolute atomic E-state index is 3.52. The monoisotopic (exact) mass is 225 g/mol. The SMILES string of the molecule is CC(C)(C)NCCCCCc1cccs1. The fourth-order valence-electron chi connectivity index (χ4n) is 1.52. The smallest absolute Gasteiger partial charge is 0.00965 e. The maximum Gasteiger partial charge on any atom is 0.00965 e. The molecule has 0 saturated heterocycles. The Hall–Kier alpha value is -0.340. The molecule has 15 heavy (non-hydrogen) atoms. The van der Waals surface area contributed by atoms with Gasteiger partial charge in [0.05, 0.1) is 0 Å². The van der Waals surface area contributed by atoms with E-state index in [1.54, 1.807) is 0 Å². The minimum absolute atomic E-state index is 0.272. The topological polar surface area (TPSA) is 12.0 Å². The Kier molecular flexibility index (Phi) is 5.34. The predicted molar refractivity (Wildman–Crippen MR) is 69.6 cm³/mol.